The van der Waals surface area contributed by atoms with Crippen LogP contribution < -0.4 is 16.0 Å². The van der Waals surface area contributed by atoms with E-state index >= 15 is 0 Å². The first-order valence-electron chi connectivity index (χ1n) is 10.6. The van der Waals surface area contributed by atoms with Gasteiger partial charge in [-0.15, -0.1) is 0 Å². The second-order valence-corrected chi connectivity index (χ2v) is 7.49. The first-order chi connectivity index (χ1) is 15.6. The Kier molecular flexibility index (Phi) is 11.9. The van der Waals surface area contributed by atoms with E-state index in [0.717, 1.165) is 5.56 Å². The number of aliphatic carboxylic acids is 1. The van der Waals surface area contributed by atoms with Crippen molar-refractivity contribution in [1.82, 2.24) is 16.0 Å². The maximum Gasteiger partial charge on any atom is 0.326 e. The molecule has 10 nitrogen and oxygen atoms in total. The van der Waals surface area contributed by atoms with Crippen molar-refractivity contribution >= 4 is 35.7 Å². The molecule has 0 aliphatic heterocycles. The summed E-state index contributed by atoms with van der Waals surface area (Å²) in [6.45, 7) is 4.80. The van der Waals surface area contributed by atoms with Crippen molar-refractivity contribution in [2.24, 2.45) is 5.92 Å². The summed E-state index contributed by atoms with van der Waals surface area (Å²) >= 11 is 0. The Morgan fingerprint density at radius 1 is 1.06 bits per heavy atom. The van der Waals surface area contributed by atoms with Gasteiger partial charge in [-0.3, -0.25) is 19.2 Å². The lowest BCUT2D eigenvalue weighted by atomic mass is 10.0. The van der Waals surface area contributed by atoms with Gasteiger partial charge in [-0.2, -0.15) is 0 Å². The third kappa shape index (κ3) is 10.9. The highest BCUT2D eigenvalue weighted by Crippen LogP contribution is 2.06. The topological polar surface area (TPSA) is 151 Å². The Balaban J connectivity index is 2.60. The Labute approximate surface area is 192 Å². The predicted molar refractivity (Wildman–Crippen MR) is 121 cm³/mol. The molecule has 0 bridgehead atoms. The molecule has 0 unspecified atom stereocenters. The number of amides is 3. The molecule has 0 saturated heterocycles. The van der Waals surface area contributed by atoms with Gasteiger partial charge in [0.15, 0.2) is 0 Å². The number of carbonyl (C=O) groups is 5. The van der Waals surface area contributed by atoms with E-state index in [4.69, 9.17) is 4.74 Å². The van der Waals surface area contributed by atoms with Gasteiger partial charge >= 0.3 is 11.9 Å². The molecule has 0 radical (unpaired) electrons. The molecule has 0 aliphatic rings. The second kappa shape index (κ2) is 14.4. The van der Waals surface area contributed by atoms with Crippen LogP contribution in [-0.4, -0.2) is 60.0 Å². The molecule has 1 rings (SSSR count). The summed E-state index contributed by atoms with van der Waals surface area (Å²) in [7, 11) is 0. The summed E-state index contributed by atoms with van der Waals surface area (Å²) in [5.74, 6) is -4.03. The van der Waals surface area contributed by atoms with Crippen LogP contribution in [0.5, 0.6) is 0 Å². The molecule has 33 heavy (non-hydrogen) atoms. The van der Waals surface area contributed by atoms with Gasteiger partial charge in [0.05, 0.1) is 13.2 Å². The monoisotopic (exact) mass is 461 g/mol. The Morgan fingerprint density at radius 3 is 2.30 bits per heavy atom. The van der Waals surface area contributed by atoms with Crippen LogP contribution in [-0.2, 0) is 28.7 Å². The van der Waals surface area contributed by atoms with Gasteiger partial charge in [-0.1, -0.05) is 44.2 Å². The van der Waals surface area contributed by atoms with Crippen molar-refractivity contribution in [3.8, 4) is 0 Å². The Bertz CT molecular complexity index is 853. The van der Waals surface area contributed by atoms with Gasteiger partial charge in [-0.05, 0) is 30.9 Å². The normalized spacial score (nSPS) is 12.6. The maximum atomic E-state index is 12.6. The molecule has 3 amide bonds. The maximum absolute atomic E-state index is 12.6. The molecule has 0 saturated carbocycles. The summed E-state index contributed by atoms with van der Waals surface area (Å²) in [4.78, 5) is 59.7. The molecular formula is C23H31N3O7. The third-order valence-electron chi connectivity index (χ3n) is 4.47. The van der Waals surface area contributed by atoms with Gasteiger partial charge in [0.25, 0.3) is 0 Å². The van der Waals surface area contributed by atoms with Gasteiger partial charge in [-0.25, -0.2) is 4.79 Å². The zero-order valence-corrected chi connectivity index (χ0v) is 19.0. The number of hydrogen-bond acceptors (Lipinski definition) is 6. The van der Waals surface area contributed by atoms with Crippen molar-refractivity contribution in [1.29, 1.82) is 0 Å². The zero-order chi connectivity index (χ0) is 24.8. The minimum absolute atomic E-state index is 0.150. The first-order valence-corrected chi connectivity index (χ1v) is 10.6. The number of rotatable bonds is 13. The van der Waals surface area contributed by atoms with Crippen LogP contribution in [0.15, 0.2) is 36.4 Å². The summed E-state index contributed by atoms with van der Waals surface area (Å²) in [6.07, 6.45) is 2.56. The largest absolute Gasteiger partial charge is 0.480 e. The summed E-state index contributed by atoms with van der Waals surface area (Å²) in [5, 5.41) is 16.6. The van der Waals surface area contributed by atoms with Gasteiger partial charge in [0, 0.05) is 12.5 Å². The van der Waals surface area contributed by atoms with E-state index in [2.05, 4.69) is 16.0 Å². The summed E-state index contributed by atoms with van der Waals surface area (Å²) in [6, 6.07) is 6.80. The molecule has 0 spiro atoms. The minimum Gasteiger partial charge on any atom is -0.480 e. The van der Waals surface area contributed by atoms with Crippen molar-refractivity contribution < 1.29 is 33.8 Å². The number of carboxylic acid groups (broad SMARTS) is 1. The number of nitrogens with one attached hydrogen (secondary N) is 3. The highest BCUT2D eigenvalue weighted by atomic mass is 16.5. The first kappa shape index (κ1) is 27.3. The van der Waals surface area contributed by atoms with Crippen molar-refractivity contribution in [3.63, 3.8) is 0 Å². The summed E-state index contributed by atoms with van der Waals surface area (Å²) < 4.78 is 4.76. The molecule has 1 aromatic carbocycles. The van der Waals surface area contributed by atoms with E-state index in [-0.39, 0.29) is 31.9 Å². The van der Waals surface area contributed by atoms with Crippen molar-refractivity contribution in [3.05, 3.63) is 42.0 Å². The number of carboxylic acids is 1. The van der Waals surface area contributed by atoms with Crippen molar-refractivity contribution in [2.75, 3.05) is 13.2 Å². The van der Waals surface area contributed by atoms with Crippen LogP contribution in [0.1, 0.15) is 39.2 Å². The minimum atomic E-state index is -1.32. The molecule has 0 fully saturated rings. The molecule has 180 valence electrons. The quantitative estimate of drug-likeness (QED) is 0.251. The predicted octanol–water partition coefficient (Wildman–Crippen LogP) is 0.870. The van der Waals surface area contributed by atoms with Crippen LogP contribution in [0.3, 0.4) is 0 Å². The fourth-order valence-corrected chi connectivity index (χ4v) is 2.74. The highest BCUT2D eigenvalue weighted by molar-refractivity contribution is 5.95. The van der Waals surface area contributed by atoms with E-state index < -0.39 is 41.7 Å². The Morgan fingerprint density at radius 2 is 1.73 bits per heavy atom. The molecular weight excluding hydrogens is 430 g/mol. The lowest BCUT2D eigenvalue weighted by Gasteiger charge is -2.24. The third-order valence-corrected chi connectivity index (χ3v) is 4.47. The van der Waals surface area contributed by atoms with E-state index in [0.29, 0.717) is 0 Å². The molecule has 1 aromatic rings. The zero-order valence-electron chi connectivity index (χ0n) is 19.0. The standard InChI is InChI=1S/C23H31N3O7/c1-4-33-20(29)13-11-17(23(31)32)25-22(30)21(15(2)3)26-19(28)14-24-18(27)12-10-16-8-6-5-7-9-16/h5-10,12,15,17,21H,4,11,13-14H2,1-3H3,(H,24,27)(H,25,30)(H,26,28)(H,31,32)/t17-,21+/m1/s1. The molecule has 10 heteroatoms. The number of ether oxygens (including phenoxy) is 1. The number of benzene rings is 1. The molecule has 0 aliphatic carbocycles. The molecule has 2 atom stereocenters. The second-order valence-electron chi connectivity index (χ2n) is 7.49. The lowest BCUT2D eigenvalue weighted by Crippen LogP contribution is -2.55. The van der Waals surface area contributed by atoms with E-state index in [1.807, 2.05) is 30.3 Å². The van der Waals surface area contributed by atoms with Gasteiger partial charge in [0.1, 0.15) is 12.1 Å². The average molecular weight is 462 g/mol. The Hall–Kier alpha value is -3.69. The van der Waals surface area contributed by atoms with E-state index in [9.17, 15) is 29.1 Å². The van der Waals surface area contributed by atoms with Gasteiger partial charge < -0.3 is 25.8 Å². The number of carbonyl (C=O) groups excluding carboxylic acids is 4. The van der Waals surface area contributed by atoms with Crippen LogP contribution in [0.2, 0.25) is 0 Å². The SMILES string of the molecule is CCOC(=O)CC[C@@H](NC(=O)[C@@H](NC(=O)CNC(=O)C=Cc1ccccc1)C(C)C)C(=O)O. The van der Waals surface area contributed by atoms with Crippen molar-refractivity contribution in [2.45, 2.75) is 45.7 Å². The van der Waals surface area contributed by atoms with Crippen LogP contribution >= 0.6 is 0 Å². The summed E-state index contributed by atoms with van der Waals surface area (Å²) in [5.41, 5.74) is 0.824. The smallest absolute Gasteiger partial charge is 0.326 e. The average Bonchev–Trinajstić information content (AvgIpc) is 2.77. The van der Waals surface area contributed by atoms with Gasteiger partial charge in [0.2, 0.25) is 17.7 Å². The number of esters is 1. The number of hydrogen-bond donors (Lipinski definition) is 4. The van der Waals surface area contributed by atoms with E-state index in [1.165, 1.54) is 6.08 Å². The molecule has 0 heterocycles. The lowest BCUT2D eigenvalue weighted by molar-refractivity contribution is -0.145. The molecule has 0 aromatic heterocycles. The molecule has 4 N–H and O–H groups in total. The van der Waals surface area contributed by atoms with Crippen LogP contribution in [0.4, 0.5) is 0 Å². The fourth-order valence-electron chi connectivity index (χ4n) is 2.74. The fraction of sp³-hybridized carbons (Fsp3) is 0.435. The van der Waals surface area contributed by atoms with E-state index in [1.54, 1.807) is 26.8 Å². The van der Waals surface area contributed by atoms with Crippen LogP contribution in [0, 0.1) is 5.92 Å². The van der Waals surface area contributed by atoms with Crippen LogP contribution in [0.25, 0.3) is 6.08 Å². The highest BCUT2D eigenvalue weighted by Gasteiger charge is 2.29.